The van der Waals surface area contributed by atoms with Crippen molar-refractivity contribution in [3.05, 3.63) is 85.3 Å². The van der Waals surface area contributed by atoms with E-state index in [1.165, 1.54) is 23.5 Å². The van der Waals surface area contributed by atoms with Crippen LogP contribution in [0.4, 0.5) is 11.4 Å². The molecule has 156 valence electrons. The summed E-state index contributed by atoms with van der Waals surface area (Å²) in [5.74, 6) is 0.209. The van der Waals surface area contributed by atoms with Crippen LogP contribution < -0.4 is 10.9 Å². The Morgan fingerprint density at radius 1 is 1.26 bits per heavy atom. The SMILES string of the molecule is CNc1ccc(/C=C(/Cl)c2nc3sc(C)c(-c4ccccc4)c3c(=O)[nH]2)cc1[N+](=O)[O-]. The Kier molecular flexibility index (Phi) is 5.58. The minimum atomic E-state index is -0.469. The van der Waals surface area contributed by atoms with E-state index in [0.717, 1.165) is 16.0 Å². The van der Waals surface area contributed by atoms with E-state index < -0.39 is 4.92 Å². The average molecular weight is 453 g/mol. The monoisotopic (exact) mass is 452 g/mol. The number of nitrogens with one attached hydrogen (secondary N) is 2. The molecular weight excluding hydrogens is 436 g/mol. The Morgan fingerprint density at radius 2 is 2.00 bits per heavy atom. The zero-order valence-electron chi connectivity index (χ0n) is 16.6. The minimum Gasteiger partial charge on any atom is -0.383 e. The first kappa shape index (κ1) is 20.8. The molecule has 4 aromatic rings. The van der Waals surface area contributed by atoms with Gasteiger partial charge in [-0.25, -0.2) is 4.98 Å². The van der Waals surface area contributed by atoms with Crippen molar-refractivity contribution >= 4 is 55.6 Å². The van der Waals surface area contributed by atoms with Gasteiger partial charge in [0.2, 0.25) is 0 Å². The number of aryl methyl sites for hydroxylation is 1. The molecule has 7 nitrogen and oxygen atoms in total. The molecule has 2 aromatic heterocycles. The number of aromatic nitrogens is 2. The van der Waals surface area contributed by atoms with E-state index in [1.54, 1.807) is 19.2 Å². The molecular formula is C22H17ClN4O3S. The largest absolute Gasteiger partial charge is 0.383 e. The van der Waals surface area contributed by atoms with Crippen molar-refractivity contribution in [2.24, 2.45) is 0 Å². The molecule has 0 saturated carbocycles. The number of benzene rings is 2. The maximum atomic E-state index is 12.9. The van der Waals surface area contributed by atoms with E-state index in [1.807, 2.05) is 37.3 Å². The van der Waals surface area contributed by atoms with Crippen molar-refractivity contribution in [3.63, 3.8) is 0 Å². The Balaban J connectivity index is 1.80. The van der Waals surface area contributed by atoms with Gasteiger partial charge in [0.25, 0.3) is 11.2 Å². The molecule has 31 heavy (non-hydrogen) atoms. The van der Waals surface area contributed by atoms with Gasteiger partial charge in [-0.3, -0.25) is 14.9 Å². The Bertz CT molecular complexity index is 1390. The first-order valence-electron chi connectivity index (χ1n) is 9.31. The number of fused-ring (bicyclic) bond motifs is 1. The van der Waals surface area contributed by atoms with Gasteiger partial charge in [-0.05, 0) is 30.2 Å². The number of aromatic amines is 1. The fraction of sp³-hybridized carbons (Fsp3) is 0.0909. The molecule has 0 radical (unpaired) electrons. The van der Waals surface area contributed by atoms with Gasteiger partial charge in [-0.15, -0.1) is 11.3 Å². The lowest BCUT2D eigenvalue weighted by molar-refractivity contribution is -0.383. The number of nitro benzene ring substituents is 1. The number of hydrogen-bond acceptors (Lipinski definition) is 6. The summed E-state index contributed by atoms with van der Waals surface area (Å²) in [6.45, 7) is 1.95. The number of H-pyrrole nitrogens is 1. The highest BCUT2D eigenvalue weighted by Gasteiger charge is 2.18. The molecule has 0 aliphatic carbocycles. The Labute approximate surface area is 186 Å². The standard InChI is InChI=1S/C22H17ClN4O3S/c1-12-18(14-6-4-3-5-7-14)19-21(28)25-20(26-22(19)31-12)15(23)10-13-8-9-16(24-2)17(11-13)27(29)30/h3-11,24H,1-2H3,(H,25,26,28)/b15-10+. The topological polar surface area (TPSA) is 101 Å². The molecule has 0 amide bonds. The summed E-state index contributed by atoms with van der Waals surface area (Å²) in [7, 11) is 1.61. The third kappa shape index (κ3) is 3.95. The second-order valence-corrected chi connectivity index (χ2v) is 8.38. The molecule has 0 unspecified atom stereocenters. The molecule has 0 saturated heterocycles. The van der Waals surface area contributed by atoms with Crippen molar-refractivity contribution < 1.29 is 4.92 Å². The maximum Gasteiger partial charge on any atom is 0.292 e. The van der Waals surface area contributed by atoms with Gasteiger partial charge in [0.1, 0.15) is 10.5 Å². The molecule has 0 bridgehead atoms. The van der Waals surface area contributed by atoms with Gasteiger partial charge in [0, 0.05) is 23.6 Å². The Morgan fingerprint density at radius 3 is 2.68 bits per heavy atom. The van der Waals surface area contributed by atoms with Gasteiger partial charge in [0.05, 0.1) is 15.3 Å². The van der Waals surface area contributed by atoms with Crippen LogP contribution in [0.1, 0.15) is 16.3 Å². The lowest BCUT2D eigenvalue weighted by Crippen LogP contribution is -2.10. The molecule has 0 aliphatic rings. The highest BCUT2D eigenvalue weighted by atomic mass is 35.5. The number of hydrogen-bond donors (Lipinski definition) is 2. The minimum absolute atomic E-state index is 0.0704. The lowest BCUT2D eigenvalue weighted by atomic mass is 10.0. The van der Waals surface area contributed by atoms with Crippen LogP contribution in [-0.2, 0) is 0 Å². The van der Waals surface area contributed by atoms with Crippen molar-refractivity contribution in [2.45, 2.75) is 6.92 Å². The van der Waals surface area contributed by atoms with Crippen molar-refractivity contribution in [2.75, 3.05) is 12.4 Å². The van der Waals surface area contributed by atoms with E-state index >= 15 is 0 Å². The van der Waals surface area contributed by atoms with Gasteiger partial charge in [-0.2, -0.15) is 0 Å². The lowest BCUT2D eigenvalue weighted by Gasteiger charge is -2.04. The molecule has 0 aliphatic heterocycles. The first-order valence-corrected chi connectivity index (χ1v) is 10.5. The van der Waals surface area contributed by atoms with Crippen molar-refractivity contribution in [1.29, 1.82) is 0 Å². The zero-order valence-corrected chi connectivity index (χ0v) is 18.2. The van der Waals surface area contributed by atoms with Gasteiger partial charge >= 0.3 is 0 Å². The van der Waals surface area contributed by atoms with Crippen LogP contribution in [0, 0.1) is 17.0 Å². The average Bonchev–Trinajstić information content (AvgIpc) is 3.10. The molecule has 2 N–H and O–H groups in total. The summed E-state index contributed by atoms with van der Waals surface area (Å²) >= 11 is 7.85. The summed E-state index contributed by atoms with van der Waals surface area (Å²) in [5.41, 5.74) is 2.37. The third-order valence-corrected chi connectivity index (χ3v) is 6.10. The van der Waals surface area contributed by atoms with E-state index in [4.69, 9.17) is 11.6 Å². The summed E-state index contributed by atoms with van der Waals surface area (Å²) in [5, 5.41) is 14.8. The second kappa shape index (κ2) is 8.33. The second-order valence-electron chi connectivity index (χ2n) is 6.77. The first-order chi connectivity index (χ1) is 14.9. The molecule has 2 heterocycles. The van der Waals surface area contributed by atoms with Gasteiger partial charge in [-0.1, -0.05) is 48.0 Å². The van der Waals surface area contributed by atoms with Crippen molar-refractivity contribution in [3.8, 4) is 11.1 Å². The smallest absolute Gasteiger partial charge is 0.292 e. The molecule has 0 atom stereocenters. The van der Waals surface area contributed by atoms with Gasteiger partial charge in [0.15, 0.2) is 5.82 Å². The molecule has 4 rings (SSSR count). The van der Waals surface area contributed by atoms with Crippen LogP contribution in [0.15, 0.2) is 53.3 Å². The maximum absolute atomic E-state index is 12.9. The molecule has 0 fully saturated rings. The van der Waals surface area contributed by atoms with Crippen LogP contribution in [0.2, 0.25) is 0 Å². The number of anilines is 1. The van der Waals surface area contributed by atoms with E-state index in [9.17, 15) is 14.9 Å². The highest BCUT2D eigenvalue weighted by Crippen LogP contribution is 2.36. The van der Waals surface area contributed by atoms with E-state index in [0.29, 0.717) is 21.5 Å². The fourth-order valence-corrected chi connectivity index (χ4v) is 4.66. The number of nitrogens with zero attached hydrogens (tertiary/aromatic N) is 2. The van der Waals surface area contributed by atoms with Crippen LogP contribution in [0.25, 0.3) is 32.5 Å². The highest BCUT2D eigenvalue weighted by molar-refractivity contribution is 7.19. The molecule has 2 aromatic carbocycles. The number of rotatable bonds is 5. The van der Waals surface area contributed by atoms with Crippen molar-refractivity contribution in [1.82, 2.24) is 9.97 Å². The molecule has 9 heteroatoms. The van der Waals surface area contributed by atoms with E-state index in [2.05, 4.69) is 15.3 Å². The summed E-state index contributed by atoms with van der Waals surface area (Å²) in [6.07, 6.45) is 1.54. The van der Waals surface area contributed by atoms with E-state index in [-0.39, 0.29) is 22.1 Å². The predicted molar refractivity (Wildman–Crippen MR) is 127 cm³/mol. The summed E-state index contributed by atoms with van der Waals surface area (Å²) in [6, 6.07) is 14.4. The van der Waals surface area contributed by atoms with Crippen LogP contribution in [-0.4, -0.2) is 21.9 Å². The predicted octanol–water partition coefficient (Wildman–Crippen LogP) is 5.65. The summed E-state index contributed by atoms with van der Waals surface area (Å²) in [4.78, 5) is 32.6. The quantitative estimate of drug-likeness (QED) is 0.301. The van der Waals surface area contributed by atoms with Crippen LogP contribution in [0.3, 0.4) is 0 Å². The fourth-order valence-electron chi connectivity index (χ4n) is 3.40. The number of thiophene rings is 1. The van der Waals surface area contributed by atoms with Gasteiger partial charge < -0.3 is 10.3 Å². The summed E-state index contributed by atoms with van der Waals surface area (Å²) < 4.78 is 0. The molecule has 0 spiro atoms. The van der Waals surface area contributed by atoms with Crippen LogP contribution >= 0.6 is 22.9 Å². The zero-order chi connectivity index (χ0) is 22.1. The number of nitro groups is 1. The number of halogens is 1. The van der Waals surface area contributed by atoms with Crippen LogP contribution in [0.5, 0.6) is 0 Å². The third-order valence-electron chi connectivity index (χ3n) is 4.81. The Hall–Kier alpha value is -3.49. The normalized spacial score (nSPS) is 11.6.